The fourth-order valence-electron chi connectivity index (χ4n) is 0.959. The molecule has 0 aromatic heterocycles. The normalized spacial score (nSPS) is 10.1. The molecule has 0 spiro atoms. The number of rotatable bonds is 2. The Morgan fingerprint density at radius 2 is 2.18 bits per heavy atom. The zero-order valence-electron chi connectivity index (χ0n) is 6.60. The molecule has 1 nitrogen and oxygen atoms in total. The Morgan fingerprint density at radius 3 is 2.73 bits per heavy atom. The first-order valence-corrected chi connectivity index (χ1v) is 4.77. The number of hydrogen-bond donors (Lipinski definition) is 1. The molecule has 0 saturated carbocycles. The Kier molecular flexibility index (Phi) is 3.33. The molecule has 0 saturated heterocycles. The van der Waals surface area contributed by atoms with Crippen LogP contribution >= 0.6 is 22.6 Å². The molecule has 0 unspecified atom stereocenters. The van der Waals surface area contributed by atoms with Crippen LogP contribution in [0.25, 0.3) is 0 Å². The summed E-state index contributed by atoms with van der Waals surface area (Å²) in [6.07, 6.45) is 0.982. The molecule has 1 aromatic rings. The van der Waals surface area contributed by atoms with E-state index in [0.717, 1.165) is 13.0 Å². The van der Waals surface area contributed by atoms with Crippen molar-refractivity contribution in [3.63, 3.8) is 0 Å². The third-order valence-electron chi connectivity index (χ3n) is 1.67. The fourth-order valence-corrected chi connectivity index (χ4v) is 1.54. The van der Waals surface area contributed by atoms with Gasteiger partial charge in [0.25, 0.3) is 0 Å². The second kappa shape index (κ2) is 4.07. The quantitative estimate of drug-likeness (QED) is 0.810. The van der Waals surface area contributed by atoms with Crippen LogP contribution in [-0.4, -0.2) is 6.54 Å². The van der Waals surface area contributed by atoms with Gasteiger partial charge in [-0.3, -0.25) is 0 Å². The second-order valence-corrected chi connectivity index (χ2v) is 3.78. The molecule has 0 bridgehead atoms. The van der Waals surface area contributed by atoms with Gasteiger partial charge in [0.1, 0.15) is 0 Å². The minimum atomic E-state index is 0.735. The number of halogens is 1. The number of nitrogens with two attached hydrogens (primary N) is 1. The van der Waals surface area contributed by atoms with E-state index in [9.17, 15) is 0 Å². The van der Waals surface area contributed by atoms with Crippen molar-refractivity contribution in [2.45, 2.75) is 13.3 Å². The minimum Gasteiger partial charge on any atom is -0.330 e. The maximum Gasteiger partial charge on any atom is 0.0162 e. The van der Waals surface area contributed by atoms with E-state index in [2.05, 4.69) is 47.7 Å². The van der Waals surface area contributed by atoms with Crippen LogP contribution in [-0.2, 0) is 6.42 Å². The Balaban J connectivity index is 2.86. The zero-order valence-corrected chi connectivity index (χ0v) is 8.76. The number of aryl methyl sites for hydroxylation is 1. The van der Waals surface area contributed by atoms with Crippen molar-refractivity contribution < 1.29 is 0 Å². The van der Waals surface area contributed by atoms with E-state index in [0.29, 0.717) is 0 Å². The van der Waals surface area contributed by atoms with Gasteiger partial charge in [-0.2, -0.15) is 0 Å². The summed E-state index contributed by atoms with van der Waals surface area (Å²) in [5.74, 6) is 0. The van der Waals surface area contributed by atoms with E-state index < -0.39 is 0 Å². The molecular weight excluding hydrogens is 249 g/mol. The average molecular weight is 261 g/mol. The van der Waals surface area contributed by atoms with Crippen LogP contribution in [0.3, 0.4) is 0 Å². The van der Waals surface area contributed by atoms with Crippen molar-refractivity contribution in [1.82, 2.24) is 0 Å². The van der Waals surface area contributed by atoms with Gasteiger partial charge in [-0.1, -0.05) is 12.1 Å². The highest BCUT2D eigenvalue weighted by atomic mass is 127. The standard InChI is InChI=1S/C9H12IN/c1-7-2-3-8(4-5-11)6-9(7)10/h2-3,6H,4-5,11H2,1H3. The van der Waals surface area contributed by atoms with Crippen molar-refractivity contribution in [3.05, 3.63) is 32.9 Å². The first-order chi connectivity index (χ1) is 5.24. The molecule has 0 atom stereocenters. The summed E-state index contributed by atoms with van der Waals surface area (Å²) in [4.78, 5) is 0. The third-order valence-corrected chi connectivity index (χ3v) is 2.83. The predicted molar refractivity (Wildman–Crippen MR) is 56.7 cm³/mol. The topological polar surface area (TPSA) is 26.0 Å². The molecule has 2 N–H and O–H groups in total. The van der Waals surface area contributed by atoms with E-state index in [1.54, 1.807) is 0 Å². The van der Waals surface area contributed by atoms with Crippen molar-refractivity contribution >= 4 is 22.6 Å². The van der Waals surface area contributed by atoms with Crippen molar-refractivity contribution in [2.75, 3.05) is 6.54 Å². The molecule has 2 heteroatoms. The number of benzene rings is 1. The minimum absolute atomic E-state index is 0.735. The molecule has 0 aliphatic carbocycles. The zero-order chi connectivity index (χ0) is 8.27. The lowest BCUT2D eigenvalue weighted by Gasteiger charge is -2.01. The number of hydrogen-bond acceptors (Lipinski definition) is 1. The second-order valence-electron chi connectivity index (χ2n) is 2.62. The summed E-state index contributed by atoms with van der Waals surface area (Å²) in [5, 5.41) is 0. The molecule has 0 fully saturated rings. The van der Waals surface area contributed by atoms with Crippen LogP contribution in [0.1, 0.15) is 11.1 Å². The van der Waals surface area contributed by atoms with E-state index in [1.807, 2.05) is 0 Å². The van der Waals surface area contributed by atoms with E-state index in [4.69, 9.17) is 5.73 Å². The van der Waals surface area contributed by atoms with Crippen LogP contribution in [0.4, 0.5) is 0 Å². The average Bonchev–Trinajstić information content (AvgIpc) is 1.98. The van der Waals surface area contributed by atoms with Crippen molar-refractivity contribution in [2.24, 2.45) is 5.73 Å². The third kappa shape index (κ3) is 2.45. The maximum absolute atomic E-state index is 5.45. The van der Waals surface area contributed by atoms with Gasteiger partial charge < -0.3 is 5.73 Å². The first kappa shape index (κ1) is 9.00. The van der Waals surface area contributed by atoms with E-state index in [-0.39, 0.29) is 0 Å². The summed E-state index contributed by atoms with van der Waals surface area (Å²) in [6.45, 7) is 2.85. The van der Waals surface area contributed by atoms with Gasteiger partial charge >= 0.3 is 0 Å². The van der Waals surface area contributed by atoms with Gasteiger partial charge in [0.05, 0.1) is 0 Å². The smallest absolute Gasteiger partial charge is 0.0162 e. The SMILES string of the molecule is Cc1ccc(CCN)cc1I. The highest BCUT2D eigenvalue weighted by Crippen LogP contribution is 2.13. The van der Waals surface area contributed by atoms with E-state index in [1.165, 1.54) is 14.7 Å². The van der Waals surface area contributed by atoms with Crippen molar-refractivity contribution in [1.29, 1.82) is 0 Å². The summed E-state index contributed by atoms with van der Waals surface area (Å²) in [6, 6.07) is 6.49. The van der Waals surface area contributed by atoms with Gasteiger partial charge in [0.2, 0.25) is 0 Å². The van der Waals surface area contributed by atoms with Crippen LogP contribution in [0, 0.1) is 10.5 Å². The highest BCUT2D eigenvalue weighted by Gasteiger charge is 1.95. The first-order valence-electron chi connectivity index (χ1n) is 3.69. The maximum atomic E-state index is 5.45. The Bertz CT molecular complexity index is 245. The highest BCUT2D eigenvalue weighted by molar-refractivity contribution is 14.1. The summed E-state index contributed by atoms with van der Waals surface area (Å²) >= 11 is 2.35. The Morgan fingerprint density at radius 1 is 1.45 bits per heavy atom. The van der Waals surface area contributed by atoms with Gasteiger partial charge in [0.15, 0.2) is 0 Å². The Hall–Kier alpha value is -0.0900. The lowest BCUT2D eigenvalue weighted by Crippen LogP contribution is -2.02. The van der Waals surface area contributed by atoms with Gasteiger partial charge in [-0.25, -0.2) is 0 Å². The molecule has 1 rings (SSSR count). The van der Waals surface area contributed by atoms with E-state index >= 15 is 0 Å². The van der Waals surface area contributed by atoms with Crippen molar-refractivity contribution in [3.8, 4) is 0 Å². The molecule has 0 heterocycles. The molecule has 0 amide bonds. The van der Waals surface area contributed by atoms with Crippen LogP contribution in [0.5, 0.6) is 0 Å². The molecule has 0 aliphatic heterocycles. The molecular formula is C9H12IN. The molecule has 0 aliphatic rings. The Labute approximate surface area is 81.1 Å². The summed E-state index contributed by atoms with van der Waals surface area (Å²) in [7, 11) is 0. The monoisotopic (exact) mass is 261 g/mol. The lowest BCUT2D eigenvalue weighted by atomic mass is 10.1. The predicted octanol–water partition coefficient (Wildman–Crippen LogP) is 2.10. The molecule has 60 valence electrons. The van der Waals surface area contributed by atoms with Gasteiger partial charge in [-0.15, -0.1) is 0 Å². The largest absolute Gasteiger partial charge is 0.330 e. The van der Waals surface area contributed by atoms with Crippen LogP contribution < -0.4 is 5.73 Å². The lowest BCUT2D eigenvalue weighted by molar-refractivity contribution is 0.966. The molecule has 0 radical (unpaired) electrons. The fraction of sp³-hybridized carbons (Fsp3) is 0.333. The van der Waals surface area contributed by atoms with Crippen LogP contribution in [0.15, 0.2) is 18.2 Å². The summed E-state index contributed by atoms with van der Waals surface area (Å²) in [5.41, 5.74) is 8.12. The molecule has 1 aromatic carbocycles. The summed E-state index contributed by atoms with van der Waals surface area (Å²) < 4.78 is 1.33. The van der Waals surface area contributed by atoms with Gasteiger partial charge in [-0.05, 0) is 59.7 Å². The van der Waals surface area contributed by atoms with Gasteiger partial charge in [0, 0.05) is 3.57 Å². The molecule has 11 heavy (non-hydrogen) atoms. The van der Waals surface area contributed by atoms with Crippen LogP contribution in [0.2, 0.25) is 0 Å².